The second-order valence-electron chi connectivity index (χ2n) is 4.19. The lowest BCUT2D eigenvalue weighted by Gasteiger charge is -2.20. The number of aliphatic hydroxyl groups is 1. The van der Waals surface area contributed by atoms with Crippen molar-refractivity contribution < 1.29 is 19.9 Å². The molecule has 90 valence electrons. The molecular weight excluding hydrogens is 221 g/mol. The molecule has 1 aliphatic heterocycles. The van der Waals surface area contributed by atoms with E-state index in [-0.39, 0.29) is 18.4 Å². The number of rotatable bonds is 3. The topological polar surface area (TPSA) is 81.0 Å². The van der Waals surface area contributed by atoms with Crippen LogP contribution in [0.2, 0.25) is 0 Å². The number of carbonyl (C=O) groups is 1. The van der Waals surface area contributed by atoms with E-state index < -0.39 is 7.12 Å². The van der Waals surface area contributed by atoms with Crippen LogP contribution in [0, 0.1) is 5.92 Å². The monoisotopic (exact) mass is 235 g/mol. The summed E-state index contributed by atoms with van der Waals surface area (Å²) in [5.74, 6) is -0.177. The summed E-state index contributed by atoms with van der Waals surface area (Å²) in [6.07, 6.45) is 0.298. The summed E-state index contributed by atoms with van der Waals surface area (Å²) in [5.41, 5.74) is 0.808. The first-order chi connectivity index (χ1) is 8.13. The van der Waals surface area contributed by atoms with E-state index in [4.69, 9.17) is 5.11 Å². The molecule has 0 saturated carbocycles. The van der Waals surface area contributed by atoms with Crippen molar-refractivity contribution in [1.29, 1.82) is 0 Å². The quantitative estimate of drug-likeness (QED) is 0.569. The highest BCUT2D eigenvalue weighted by molar-refractivity contribution is 6.60. The Balaban J connectivity index is 2.31. The molecule has 5 nitrogen and oxygen atoms in total. The highest BCUT2D eigenvalue weighted by Crippen LogP contribution is 2.23. The van der Waals surface area contributed by atoms with E-state index in [0.717, 1.165) is 0 Å². The van der Waals surface area contributed by atoms with E-state index in [9.17, 15) is 14.8 Å². The Labute approximate surface area is 99.4 Å². The predicted octanol–water partition coefficient (Wildman–Crippen LogP) is -1.29. The summed E-state index contributed by atoms with van der Waals surface area (Å²) in [6, 6.07) is 6.66. The standard InChI is InChI=1S/C11H14BNO4/c14-7-8-5-11(15)13(6-8)10-4-2-1-3-9(10)12(16)17/h1-4,8,14,16-17H,5-7H2. The summed E-state index contributed by atoms with van der Waals surface area (Å²) >= 11 is 0. The third kappa shape index (κ3) is 2.33. The Morgan fingerprint density at radius 2 is 2.06 bits per heavy atom. The van der Waals surface area contributed by atoms with Gasteiger partial charge >= 0.3 is 7.12 Å². The van der Waals surface area contributed by atoms with Crippen LogP contribution < -0.4 is 10.4 Å². The van der Waals surface area contributed by atoms with Crippen molar-refractivity contribution >= 4 is 24.2 Å². The van der Waals surface area contributed by atoms with Crippen molar-refractivity contribution in [2.45, 2.75) is 6.42 Å². The predicted molar refractivity (Wildman–Crippen MR) is 63.8 cm³/mol. The molecule has 2 rings (SSSR count). The van der Waals surface area contributed by atoms with Gasteiger partial charge in [0.25, 0.3) is 0 Å². The van der Waals surface area contributed by atoms with E-state index in [2.05, 4.69) is 0 Å². The van der Waals surface area contributed by atoms with Gasteiger partial charge in [0.1, 0.15) is 0 Å². The number of carbonyl (C=O) groups excluding carboxylic acids is 1. The smallest absolute Gasteiger partial charge is 0.423 e. The van der Waals surface area contributed by atoms with E-state index in [1.54, 1.807) is 24.3 Å². The lowest BCUT2D eigenvalue weighted by Crippen LogP contribution is -2.38. The number of para-hydroxylation sites is 1. The molecule has 3 N–H and O–H groups in total. The summed E-state index contributed by atoms with van der Waals surface area (Å²) in [5, 5.41) is 27.5. The van der Waals surface area contributed by atoms with Gasteiger partial charge in [0, 0.05) is 36.6 Å². The molecule has 6 heteroatoms. The zero-order valence-electron chi connectivity index (χ0n) is 9.28. The van der Waals surface area contributed by atoms with Crippen molar-refractivity contribution in [3.05, 3.63) is 24.3 Å². The number of hydrogen-bond acceptors (Lipinski definition) is 4. The first-order valence-corrected chi connectivity index (χ1v) is 5.49. The maximum absolute atomic E-state index is 11.8. The van der Waals surface area contributed by atoms with Gasteiger partial charge in [-0.25, -0.2) is 0 Å². The second kappa shape index (κ2) is 4.87. The Morgan fingerprint density at radius 3 is 2.65 bits per heavy atom. The van der Waals surface area contributed by atoms with Crippen LogP contribution in [0.25, 0.3) is 0 Å². The molecule has 0 bridgehead atoms. The van der Waals surface area contributed by atoms with Crippen LogP contribution in [0.1, 0.15) is 6.42 Å². The van der Waals surface area contributed by atoms with Crippen LogP contribution in [-0.2, 0) is 4.79 Å². The SMILES string of the molecule is O=C1CC(CO)CN1c1ccccc1B(O)O. The first kappa shape index (κ1) is 12.1. The Morgan fingerprint density at radius 1 is 1.35 bits per heavy atom. The number of benzene rings is 1. The molecule has 17 heavy (non-hydrogen) atoms. The van der Waals surface area contributed by atoms with Crippen LogP contribution >= 0.6 is 0 Å². The van der Waals surface area contributed by atoms with Crippen molar-refractivity contribution in [2.24, 2.45) is 5.92 Å². The maximum Gasteiger partial charge on any atom is 0.490 e. The lowest BCUT2D eigenvalue weighted by atomic mass is 9.78. The normalized spacial score (nSPS) is 19.8. The summed E-state index contributed by atoms with van der Waals surface area (Å²) in [4.78, 5) is 13.3. The molecule has 1 saturated heterocycles. The molecular formula is C11H14BNO4. The average Bonchev–Trinajstić information content (AvgIpc) is 2.70. The molecule has 0 spiro atoms. The van der Waals surface area contributed by atoms with Gasteiger partial charge < -0.3 is 20.1 Å². The molecule has 0 aromatic heterocycles. The Bertz CT molecular complexity index is 424. The number of amides is 1. The zero-order valence-corrected chi connectivity index (χ0v) is 9.28. The van der Waals surface area contributed by atoms with Crippen LogP contribution in [-0.4, -0.2) is 41.3 Å². The van der Waals surface area contributed by atoms with E-state index >= 15 is 0 Å². The maximum atomic E-state index is 11.8. The minimum atomic E-state index is -1.60. The van der Waals surface area contributed by atoms with E-state index in [1.807, 2.05) is 0 Å². The molecule has 0 radical (unpaired) electrons. The summed E-state index contributed by atoms with van der Waals surface area (Å²) < 4.78 is 0. The third-order valence-corrected chi connectivity index (χ3v) is 2.97. The van der Waals surface area contributed by atoms with Crippen molar-refractivity contribution in [3.63, 3.8) is 0 Å². The zero-order chi connectivity index (χ0) is 12.4. The van der Waals surface area contributed by atoms with Gasteiger partial charge in [-0.15, -0.1) is 0 Å². The number of aliphatic hydroxyl groups excluding tert-OH is 1. The van der Waals surface area contributed by atoms with E-state index in [1.165, 1.54) is 4.90 Å². The van der Waals surface area contributed by atoms with Crippen LogP contribution in [0.5, 0.6) is 0 Å². The van der Waals surface area contributed by atoms with Gasteiger partial charge in [0.05, 0.1) is 0 Å². The summed E-state index contributed by atoms with van der Waals surface area (Å²) in [7, 11) is -1.60. The Hall–Kier alpha value is -1.37. The molecule has 1 atom stereocenters. The van der Waals surface area contributed by atoms with Gasteiger partial charge in [-0.3, -0.25) is 4.79 Å². The molecule has 1 aromatic carbocycles. The molecule has 1 amide bonds. The van der Waals surface area contributed by atoms with Crippen LogP contribution in [0.3, 0.4) is 0 Å². The van der Waals surface area contributed by atoms with Gasteiger partial charge in [-0.05, 0) is 6.07 Å². The first-order valence-electron chi connectivity index (χ1n) is 5.49. The van der Waals surface area contributed by atoms with Crippen LogP contribution in [0.4, 0.5) is 5.69 Å². The van der Waals surface area contributed by atoms with E-state index in [0.29, 0.717) is 24.1 Å². The number of hydrogen-bond donors (Lipinski definition) is 3. The van der Waals surface area contributed by atoms with Crippen LogP contribution in [0.15, 0.2) is 24.3 Å². The van der Waals surface area contributed by atoms with Crippen molar-refractivity contribution in [2.75, 3.05) is 18.1 Å². The summed E-state index contributed by atoms with van der Waals surface area (Å²) in [6.45, 7) is 0.380. The third-order valence-electron chi connectivity index (χ3n) is 2.97. The largest absolute Gasteiger partial charge is 0.490 e. The highest BCUT2D eigenvalue weighted by atomic mass is 16.4. The molecule has 1 unspecified atom stereocenters. The lowest BCUT2D eigenvalue weighted by molar-refractivity contribution is -0.117. The second-order valence-corrected chi connectivity index (χ2v) is 4.19. The molecule has 0 aliphatic carbocycles. The van der Waals surface area contributed by atoms with Crippen molar-refractivity contribution in [3.8, 4) is 0 Å². The fraction of sp³-hybridized carbons (Fsp3) is 0.364. The average molecular weight is 235 g/mol. The van der Waals surface area contributed by atoms with Crippen molar-refractivity contribution in [1.82, 2.24) is 0 Å². The highest BCUT2D eigenvalue weighted by Gasteiger charge is 2.32. The van der Waals surface area contributed by atoms with Gasteiger partial charge in [-0.1, -0.05) is 18.2 Å². The fourth-order valence-corrected chi connectivity index (χ4v) is 2.09. The molecule has 1 aromatic rings. The molecule has 1 aliphatic rings. The van der Waals surface area contributed by atoms with Gasteiger partial charge in [0.15, 0.2) is 0 Å². The minimum absolute atomic E-state index is 0.0356. The number of anilines is 1. The minimum Gasteiger partial charge on any atom is -0.423 e. The molecule has 1 heterocycles. The Kier molecular flexibility index (Phi) is 3.47. The van der Waals surface area contributed by atoms with Gasteiger partial charge in [-0.2, -0.15) is 0 Å². The van der Waals surface area contributed by atoms with Gasteiger partial charge in [0.2, 0.25) is 5.91 Å². The molecule has 1 fully saturated rings. The number of nitrogens with zero attached hydrogens (tertiary/aromatic N) is 1. The fourth-order valence-electron chi connectivity index (χ4n) is 2.09.